The largest absolute Gasteiger partial charge is 0.416 e. The first-order valence-corrected chi connectivity index (χ1v) is 11.6. The molecule has 1 aliphatic heterocycles. The lowest BCUT2D eigenvalue weighted by Crippen LogP contribution is -2.46. The SMILES string of the molecule is [2H]C([2H])([2H])c1cccc(F)c1C(=O)N1CCC[C@H](C(=O)Nc2ccc(C)c(C(F)(F)F)c2)[C@@H]1c1ccc(N)cc1. The van der Waals surface area contributed by atoms with E-state index in [-0.39, 0.29) is 24.2 Å². The third-order valence-electron chi connectivity index (χ3n) is 6.54. The van der Waals surface area contributed by atoms with Gasteiger partial charge in [0.15, 0.2) is 0 Å². The van der Waals surface area contributed by atoms with Gasteiger partial charge in [-0.1, -0.05) is 30.3 Å². The average Bonchev–Trinajstić information content (AvgIpc) is 2.88. The van der Waals surface area contributed by atoms with Crippen LogP contribution >= 0.6 is 0 Å². The number of nitrogens with one attached hydrogen (secondary N) is 1. The standard InChI is InChI=1S/C28H27F4N3O2/c1-16-8-13-20(15-22(16)28(30,31)32)34-26(36)21-6-4-14-35(25(21)18-9-11-19(33)12-10-18)27(37)24-17(2)5-3-7-23(24)29/h3,5,7-13,15,21,25H,4,6,14,33H2,1-2H3,(H,34,36)/t21-,25-/m0/s1/i2D3. The van der Waals surface area contributed by atoms with Crippen molar-refractivity contribution in [3.63, 3.8) is 0 Å². The Morgan fingerprint density at radius 1 is 1.08 bits per heavy atom. The predicted molar refractivity (Wildman–Crippen MR) is 133 cm³/mol. The minimum atomic E-state index is -4.62. The summed E-state index contributed by atoms with van der Waals surface area (Å²) in [5.41, 5.74) is 4.68. The molecule has 9 heteroatoms. The number of carbonyl (C=O) groups excluding carboxylic acids is 2. The van der Waals surface area contributed by atoms with Gasteiger partial charge in [-0.15, -0.1) is 0 Å². The van der Waals surface area contributed by atoms with Crippen molar-refractivity contribution in [1.29, 1.82) is 0 Å². The Bertz CT molecular complexity index is 1430. The number of carbonyl (C=O) groups is 2. The van der Waals surface area contributed by atoms with Crippen molar-refractivity contribution >= 4 is 23.2 Å². The fourth-order valence-corrected chi connectivity index (χ4v) is 4.73. The van der Waals surface area contributed by atoms with Gasteiger partial charge >= 0.3 is 6.18 Å². The zero-order chi connectivity index (χ0) is 29.4. The van der Waals surface area contributed by atoms with E-state index in [4.69, 9.17) is 9.85 Å². The monoisotopic (exact) mass is 516 g/mol. The second-order valence-electron chi connectivity index (χ2n) is 9.04. The second-order valence-corrected chi connectivity index (χ2v) is 9.04. The van der Waals surface area contributed by atoms with Crippen LogP contribution < -0.4 is 11.1 Å². The molecule has 3 aromatic rings. The number of amides is 2. The minimum Gasteiger partial charge on any atom is -0.399 e. The van der Waals surface area contributed by atoms with Gasteiger partial charge in [0.05, 0.1) is 23.1 Å². The molecule has 3 N–H and O–H groups in total. The Kier molecular flexibility index (Phi) is 6.18. The number of alkyl halides is 3. The number of benzene rings is 3. The quantitative estimate of drug-likeness (QED) is 0.317. The first-order valence-electron chi connectivity index (χ1n) is 13.1. The number of anilines is 2. The molecular weight excluding hydrogens is 486 g/mol. The Balaban J connectivity index is 1.75. The number of hydrogen-bond donors (Lipinski definition) is 2. The van der Waals surface area contributed by atoms with Gasteiger partial charge in [0.1, 0.15) is 5.82 Å². The number of likely N-dealkylation sites (tertiary alicyclic amines) is 1. The molecule has 1 aliphatic rings. The Hall–Kier alpha value is -3.88. The highest BCUT2D eigenvalue weighted by atomic mass is 19.4. The highest BCUT2D eigenvalue weighted by Crippen LogP contribution is 2.39. The summed E-state index contributed by atoms with van der Waals surface area (Å²) in [6.45, 7) is -1.38. The fraction of sp³-hybridized carbons (Fsp3) is 0.286. The smallest absolute Gasteiger partial charge is 0.399 e. The van der Waals surface area contributed by atoms with Gasteiger partial charge in [0, 0.05) is 22.0 Å². The fourth-order valence-electron chi connectivity index (χ4n) is 4.73. The third-order valence-corrected chi connectivity index (χ3v) is 6.54. The van der Waals surface area contributed by atoms with E-state index in [0.717, 1.165) is 18.2 Å². The van der Waals surface area contributed by atoms with Crippen molar-refractivity contribution in [3.05, 3.63) is 94.3 Å². The van der Waals surface area contributed by atoms with Crippen molar-refractivity contribution in [2.24, 2.45) is 5.92 Å². The van der Waals surface area contributed by atoms with E-state index in [0.29, 0.717) is 17.7 Å². The zero-order valence-corrected chi connectivity index (χ0v) is 19.9. The van der Waals surface area contributed by atoms with E-state index in [1.165, 1.54) is 30.0 Å². The van der Waals surface area contributed by atoms with Gasteiger partial charge in [-0.25, -0.2) is 4.39 Å². The second kappa shape index (κ2) is 10.2. The Morgan fingerprint density at radius 3 is 2.49 bits per heavy atom. The van der Waals surface area contributed by atoms with Gasteiger partial charge in [-0.3, -0.25) is 9.59 Å². The van der Waals surface area contributed by atoms with Crippen LogP contribution in [-0.2, 0) is 11.0 Å². The molecule has 37 heavy (non-hydrogen) atoms. The highest BCUT2D eigenvalue weighted by Gasteiger charge is 2.41. The summed E-state index contributed by atoms with van der Waals surface area (Å²) < 4.78 is 78.7. The molecule has 1 heterocycles. The average molecular weight is 517 g/mol. The van der Waals surface area contributed by atoms with E-state index >= 15 is 0 Å². The zero-order valence-electron chi connectivity index (χ0n) is 22.9. The first kappa shape index (κ1) is 22.3. The first-order chi connectivity index (χ1) is 18.7. The van der Waals surface area contributed by atoms with E-state index in [9.17, 15) is 27.2 Å². The van der Waals surface area contributed by atoms with Crippen molar-refractivity contribution < 1.29 is 31.3 Å². The molecule has 1 fully saturated rings. The van der Waals surface area contributed by atoms with Crippen molar-refractivity contribution in [2.75, 3.05) is 17.6 Å². The molecule has 4 rings (SSSR count). The number of halogens is 4. The van der Waals surface area contributed by atoms with Crippen molar-refractivity contribution in [3.8, 4) is 0 Å². The molecule has 0 saturated carbocycles. The van der Waals surface area contributed by atoms with Gasteiger partial charge in [-0.2, -0.15) is 13.2 Å². The van der Waals surface area contributed by atoms with E-state index in [1.54, 1.807) is 24.3 Å². The molecule has 0 aliphatic carbocycles. The van der Waals surface area contributed by atoms with Gasteiger partial charge < -0.3 is 16.0 Å². The molecule has 0 spiro atoms. The summed E-state index contributed by atoms with van der Waals surface area (Å²) in [6, 6.07) is 12.2. The van der Waals surface area contributed by atoms with Crippen LogP contribution in [0, 0.1) is 25.5 Å². The molecule has 2 amide bonds. The summed E-state index contributed by atoms with van der Waals surface area (Å²) in [4.78, 5) is 28.6. The van der Waals surface area contributed by atoms with Crippen molar-refractivity contribution in [1.82, 2.24) is 4.90 Å². The normalized spacial score (nSPS) is 19.5. The summed E-state index contributed by atoms with van der Waals surface area (Å²) >= 11 is 0. The summed E-state index contributed by atoms with van der Waals surface area (Å²) in [6.07, 6.45) is -4.04. The number of hydrogen-bond acceptors (Lipinski definition) is 3. The molecule has 3 aromatic carbocycles. The molecule has 0 unspecified atom stereocenters. The molecular formula is C28H27F4N3O2. The lowest BCUT2D eigenvalue weighted by atomic mass is 9.83. The van der Waals surface area contributed by atoms with E-state index in [2.05, 4.69) is 5.32 Å². The van der Waals surface area contributed by atoms with Crippen LogP contribution in [0.1, 0.15) is 55.6 Å². The molecule has 1 saturated heterocycles. The molecule has 0 aromatic heterocycles. The maximum atomic E-state index is 15.0. The van der Waals surface area contributed by atoms with Crippen LogP contribution in [-0.4, -0.2) is 23.3 Å². The number of nitrogens with two attached hydrogens (primary N) is 1. The van der Waals surface area contributed by atoms with Crippen LogP contribution in [0.5, 0.6) is 0 Å². The molecule has 2 atom stereocenters. The predicted octanol–water partition coefficient (Wildman–Crippen LogP) is 6.28. The maximum absolute atomic E-state index is 15.0. The highest BCUT2D eigenvalue weighted by molar-refractivity contribution is 5.98. The molecule has 0 radical (unpaired) electrons. The topological polar surface area (TPSA) is 75.4 Å². The minimum absolute atomic E-state index is 0.00497. The number of piperidine rings is 1. The Labute approximate surface area is 216 Å². The molecule has 0 bridgehead atoms. The summed E-state index contributed by atoms with van der Waals surface area (Å²) in [5.74, 6) is -3.50. The van der Waals surface area contributed by atoms with Gasteiger partial charge in [-0.05, 0) is 73.6 Å². The van der Waals surface area contributed by atoms with Crippen LogP contribution in [0.3, 0.4) is 0 Å². The number of nitrogen functional groups attached to an aromatic ring is 1. The van der Waals surface area contributed by atoms with E-state index in [1.807, 2.05) is 0 Å². The van der Waals surface area contributed by atoms with Crippen LogP contribution in [0.15, 0.2) is 60.7 Å². The Morgan fingerprint density at radius 2 is 1.81 bits per heavy atom. The number of aryl methyl sites for hydroxylation is 2. The number of rotatable bonds is 4. The lowest BCUT2D eigenvalue weighted by molar-refractivity contribution is -0.138. The van der Waals surface area contributed by atoms with Crippen LogP contribution in [0.2, 0.25) is 0 Å². The van der Waals surface area contributed by atoms with Crippen molar-refractivity contribution in [2.45, 2.75) is 38.8 Å². The molecule has 5 nitrogen and oxygen atoms in total. The van der Waals surface area contributed by atoms with Crippen LogP contribution in [0.25, 0.3) is 0 Å². The summed E-state index contributed by atoms with van der Waals surface area (Å²) in [7, 11) is 0. The van der Waals surface area contributed by atoms with Gasteiger partial charge in [0.2, 0.25) is 5.91 Å². The molecule has 194 valence electrons. The number of nitrogens with zero attached hydrogens (tertiary/aromatic N) is 1. The summed E-state index contributed by atoms with van der Waals surface area (Å²) in [5, 5.41) is 2.54. The van der Waals surface area contributed by atoms with Crippen LogP contribution in [0.4, 0.5) is 28.9 Å². The lowest BCUT2D eigenvalue weighted by Gasteiger charge is -2.41. The third kappa shape index (κ3) is 5.45. The van der Waals surface area contributed by atoms with E-state index < -0.39 is 59.3 Å². The maximum Gasteiger partial charge on any atom is 0.416 e. The van der Waals surface area contributed by atoms with Gasteiger partial charge in [0.25, 0.3) is 5.91 Å².